The van der Waals surface area contributed by atoms with Crippen LogP contribution in [0.4, 0.5) is 0 Å². The second-order valence-electron chi connectivity index (χ2n) is 6.65. The van der Waals surface area contributed by atoms with Crippen molar-refractivity contribution in [3.8, 4) is 17.1 Å². The van der Waals surface area contributed by atoms with E-state index in [1.54, 1.807) is 4.90 Å². The molecule has 0 aliphatic carbocycles. The summed E-state index contributed by atoms with van der Waals surface area (Å²) in [7, 11) is 1.81. The molecule has 2 aromatic carbocycles. The lowest BCUT2D eigenvalue weighted by atomic mass is 10.1. The largest absolute Gasteiger partial charge is 0.494 e. The molecular formula is C22H25N3O3. The Morgan fingerprint density at radius 1 is 1.14 bits per heavy atom. The summed E-state index contributed by atoms with van der Waals surface area (Å²) < 4.78 is 10.7. The van der Waals surface area contributed by atoms with Crippen molar-refractivity contribution in [2.45, 2.75) is 33.2 Å². The zero-order valence-electron chi connectivity index (χ0n) is 16.5. The number of benzene rings is 2. The Kier molecular flexibility index (Phi) is 6.42. The van der Waals surface area contributed by atoms with Crippen LogP contribution in [-0.2, 0) is 17.8 Å². The fourth-order valence-corrected chi connectivity index (χ4v) is 2.88. The summed E-state index contributed by atoms with van der Waals surface area (Å²) in [6.07, 6.45) is 0.744. The molecule has 6 heteroatoms. The normalized spacial score (nSPS) is 10.7. The number of carbonyl (C=O) groups is 1. The molecule has 28 heavy (non-hydrogen) atoms. The number of amides is 1. The number of carbonyl (C=O) groups excluding carboxylic acids is 1. The van der Waals surface area contributed by atoms with E-state index in [-0.39, 0.29) is 5.91 Å². The van der Waals surface area contributed by atoms with Gasteiger partial charge < -0.3 is 14.2 Å². The minimum Gasteiger partial charge on any atom is -0.494 e. The van der Waals surface area contributed by atoms with Gasteiger partial charge in [0, 0.05) is 32.0 Å². The SMILES string of the molecule is CCOc1ccc(-c2noc(CCC(=O)N(C)Cc3ccccc3C)n2)cc1. The van der Waals surface area contributed by atoms with Gasteiger partial charge in [-0.2, -0.15) is 4.98 Å². The number of aryl methyl sites for hydroxylation is 2. The van der Waals surface area contributed by atoms with Gasteiger partial charge in [0.25, 0.3) is 0 Å². The van der Waals surface area contributed by atoms with Gasteiger partial charge in [0.2, 0.25) is 17.6 Å². The Balaban J connectivity index is 1.55. The summed E-state index contributed by atoms with van der Waals surface area (Å²) in [6, 6.07) is 15.6. The molecule has 3 rings (SSSR count). The Labute approximate surface area is 165 Å². The molecule has 0 N–H and O–H groups in total. The third-order valence-corrected chi connectivity index (χ3v) is 4.54. The van der Waals surface area contributed by atoms with Crippen LogP contribution in [0.2, 0.25) is 0 Å². The molecule has 1 amide bonds. The minimum absolute atomic E-state index is 0.0454. The zero-order chi connectivity index (χ0) is 19.9. The zero-order valence-corrected chi connectivity index (χ0v) is 16.5. The van der Waals surface area contributed by atoms with Crippen molar-refractivity contribution in [3.63, 3.8) is 0 Å². The van der Waals surface area contributed by atoms with E-state index in [9.17, 15) is 4.79 Å². The number of rotatable bonds is 8. The Bertz CT molecular complexity index is 919. The van der Waals surface area contributed by atoms with Crippen molar-refractivity contribution in [2.75, 3.05) is 13.7 Å². The van der Waals surface area contributed by atoms with Crippen LogP contribution in [0.5, 0.6) is 5.75 Å². The first kappa shape index (κ1) is 19.6. The summed E-state index contributed by atoms with van der Waals surface area (Å²) in [5, 5.41) is 4.01. The van der Waals surface area contributed by atoms with Crippen LogP contribution >= 0.6 is 0 Å². The monoisotopic (exact) mass is 379 g/mol. The molecular weight excluding hydrogens is 354 g/mol. The number of ether oxygens (including phenoxy) is 1. The predicted molar refractivity (Wildman–Crippen MR) is 107 cm³/mol. The van der Waals surface area contributed by atoms with Crippen molar-refractivity contribution in [1.82, 2.24) is 15.0 Å². The van der Waals surface area contributed by atoms with Gasteiger partial charge in [0.05, 0.1) is 6.61 Å². The Morgan fingerprint density at radius 3 is 2.61 bits per heavy atom. The molecule has 0 aliphatic rings. The Morgan fingerprint density at radius 2 is 1.89 bits per heavy atom. The molecule has 3 aromatic rings. The number of nitrogens with zero attached hydrogens (tertiary/aromatic N) is 3. The number of hydrogen-bond donors (Lipinski definition) is 0. The van der Waals surface area contributed by atoms with Crippen molar-refractivity contribution in [2.24, 2.45) is 0 Å². The molecule has 1 heterocycles. The van der Waals surface area contributed by atoms with Crippen molar-refractivity contribution >= 4 is 5.91 Å². The maximum absolute atomic E-state index is 12.4. The third kappa shape index (κ3) is 4.97. The molecule has 0 spiro atoms. The lowest BCUT2D eigenvalue weighted by molar-refractivity contribution is -0.130. The van der Waals surface area contributed by atoms with E-state index in [2.05, 4.69) is 23.1 Å². The molecule has 0 atom stereocenters. The molecule has 0 fully saturated rings. The standard InChI is InChI=1S/C22H25N3O3/c1-4-27-19-11-9-17(10-12-19)22-23-20(28-24-22)13-14-21(26)25(3)15-18-8-6-5-7-16(18)2/h5-12H,4,13-15H2,1-3H3. The molecule has 0 unspecified atom stereocenters. The Hall–Kier alpha value is -3.15. The van der Waals surface area contributed by atoms with Crippen LogP contribution < -0.4 is 4.74 Å². The maximum Gasteiger partial charge on any atom is 0.227 e. The van der Waals surface area contributed by atoms with E-state index in [1.807, 2.05) is 56.4 Å². The molecule has 0 saturated carbocycles. The van der Waals surface area contributed by atoms with Crippen LogP contribution in [0.25, 0.3) is 11.4 Å². The smallest absolute Gasteiger partial charge is 0.227 e. The van der Waals surface area contributed by atoms with Crippen molar-refractivity contribution in [3.05, 3.63) is 65.5 Å². The lowest BCUT2D eigenvalue weighted by Crippen LogP contribution is -2.26. The summed E-state index contributed by atoms with van der Waals surface area (Å²) in [4.78, 5) is 18.6. The van der Waals surface area contributed by atoms with Gasteiger partial charge in [-0.05, 0) is 49.2 Å². The fourth-order valence-electron chi connectivity index (χ4n) is 2.88. The molecule has 0 aliphatic heterocycles. The molecule has 146 valence electrons. The second kappa shape index (κ2) is 9.17. The number of aromatic nitrogens is 2. The highest BCUT2D eigenvalue weighted by molar-refractivity contribution is 5.76. The first-order valence-corrected chi connectivity index (χ1v) is 9.41. The van der Waals surface area contributed by atoms with Crippen LogP contribution in [0.3, 0.4) is 0 Å². The van der Waals surface area contributed by atoms with E-state index in [4.69, 9.17) is 9.26 Å². The van der Waals surface area contributed by atoms with Gasteiger partial charge >= 0.3 is 0 Å². The summed E-state index contributed by atoms with van der Waals surface area (Å²) in [6.45, 7) is 5.21. The van der Waals surface area contributed by atoms with E-state index in [0.717, 1.165) is 16.9 Å². The van der Waals surface area contributed by atoms with Gasteiger partial charge in [0.15, 0.2) is 0 Å². The van der Waals surface area contributed by atoms with E-state index in [0.29, 0.717) is 37.7 Å². The van der Waals surface area contributed by atoms with Gasteiger partial charge in [-0.3, -0.25) is 4.79 Å². The molecule has 0 radical (unpaired) electrons. The van der Waals surface area contributed by atoms with E-state index >= 15 is 0 Å². The van der Waals surface area contributed by atoms with Gasteiger partial charge in [-0.15, -0.1) is 0 Å². The number of hydrogen-bond acceptors (Lipinski definition) is 5. The molecule has 0 bridgehead atoms. The highest BCUT2D eigenvalue weighted by atomic mass is 16.5. The van der Waals surface area contributed by atoms with Crippen LogP contribution in [0.15, 0.2) is 53.1 Å². The summed E-state index contributed by atoms with van der Waals surface area (Å²) in [5.41, 5.74) is 3.18. The summed E-state index contributed by atoms with van der Waals surface area (Å²) >= 11 is 0. The second-order valence-corrected chi connectivity index (χ2v) is 6.65. The molecule has 1 aromatic heterocycles. The summed E-state index contributed by atoms with van der Waals surface area (Å²) in [5.74, 6) is 1.82. The van der Waals surface area contributed by atoms with Crippen LogP contribution in [-0.4, -0.2) is 34.6 Å². The van der Waals surface area contributed by atoms with Crippen LogP contribution in [0.1, 0.15) is 30.4 Å². The fraction of sp³-hybridized carbons (Fsp3) is 0.318. The van der Waals surface area contributed by atoms with Crippen molar-refractivity contribution < 1.29 is 14.1 Å². The van der Waals surface area contributed by atoms with Gasteiger partial charge in [-0.1, -0.05) is 29.4 Å². The average molecular weight is 379 g/mol. The molecule has 6 nitrogen and oxygen atoms in total. The lowest BCUT2D eigenvalue weighted by Gasteiger charge is -2.18. The van der Waals surface area contributed by atoms with Crippen LogP contribution in [0, 0.1) is 6.92 Å². The van der Waals surface area contributed by atoms with E-state index < -0.39 is 0 Å². The third-order valence-electron chi connectivity index (χ3n) is 4.54. The van der Waals surface area contributed by atoms with Gasteiger partial charge in [0.1, 0.15) is 5.75 Å². The first-order valence-electron chi connectivity index (χ1n) is 9.41. The predicted octanol–water partition coefficient (Wildman–Crippen LogP) is 4.03. The molecule has 0 saturated heterocycles. The topological polar surface area (TPSA) is 68.5 Å². The minimum atomic E-state index is 0.0454. The quantitative estimate of drug-likeness (QED) is 0.591. The average Bonchev–Trinajstić information content (AvgIpc) is 3.17. The van der Waals surface area contributed by atoms with Gasteiger partial charge in [-0.25, -0.2) is 0 Å². The highest BCUT2D eigenvalue weighted by Gasteiger charge is 2.14. The first-order chi connectivity index (χ1) is 13.6. The highest BCUT2D eigenvalue weighted by Crippen LogP contribution is 2.20. The van der Waals surface area contributed by atoms with Crippen molar-refractivity contribution in [1.29, 1.82) is 0 Å². The van der Waals surface area contributed by atoms with E-state index in [1.165, 1.54) is 5.56 Å². The maximum atomic E-state index is 12.4.